The van der Waals surface area contributed by atoms with Gasteiger partial charge in [0.15, 0.2) is 0 Å². The first-order chi connectivity index (χ1) is 8.52. The molecule has 0 aromatic carbocycles. The lowest BCUT2D eigenvalue weighted by molar-refractivity contribution is 0.488. The number of hydrogen-bond donors (Lipinski definition) is 1. The van der Waals surface area contributed by atoms with Crippen molar-refractivity contribution < 1.29 is 0 Å². The van der Waals surface area contributed by atoms with E-state index in [1.54, 1.807) is 0 Å². The molecule has 2 atom stereocenters. The molecule has 0 bridgehead atoms. The van der Waals surface area contributed by atoms with E-state index in [0.29, 0.717) is 11.5 Å². The molecule has 2 unspecified atom stereocenters. The molecule has 0 aliphatic carbocycles. The molecule has 2 heterocycles. The number of hydrogen-bond acceptors (Lipinski definition) is 4. The number of anilines is 1. The molecule has 18 heavy (non-hydrogen) atoms. The summed E-state index contributed by atoms with van der Waals surface area (Å²) in [5, 5.41) is 9.28. The fourth-order valence-corrected chi connectivity index (χ4v) is 2.63. The molecule has 2 rings (SSSR count). The fraction of sp³-hybridized carbons (Fsp3) is 0.571. The van der Waals surface area contributed by atoms with Crippen molar-refractivity contribution in [3.63, 3.8) is 0 Å². The highest BCUT2D eigenvalue weighted by atomic mass is 15.2. The summed E-state index contributed by atoms with van der Waals surface area (Å²) < 4.78 is 0. The molecule has 96 valence electrons. The van der Waals surface area contributed by atoms with E-state index < -0.39 is 0 Å². The molecule has 0 saturated carbocycles. The van der Waals surface area contributed by atoms with Crippen LogP contribution in [0.5, 0.6) is 0 Å². The highest BCUT2D eigenvalue weighted by Gasteiger charge is 2.27. The zero-order valence-electron chi connectivity index (χ0n) is 11.3. The molecule has 1 saturated heterocycles. The summed E-state index contributed by atoms with van der Waals surface area (Å²) in [4.78, 5) is 6.63. The van der Waals surface area contributed by atoms with Gasteiger partial charge in [0, 0.05) is 24.8 Å². The normalized spacial score (nSPS) is 20.8. The van der Waals surface area contributed by atoms with Gasteiger partial charge in [-0.05, 0) is 39.2 Å². The highest BCUT2D eigenvalue weighted by Crippen LogP contribution is 2.29. The Morgan fingerprint density at radius 2 is 2.28 bits per heavy atom. The Balaban J connectivity index is 2.32. The minimum atomic E-state index is 0.213. The van der Waals surface area contributed by atoms with Gasteiger partial charge in [-0.1, -0.05) is 0 Å². The zero-order chi connectivity index (χ0) is 13.3. The van der Waals surface area contributed by atoms with Crippen molar-refractivity contribution in [1.82, 2.24) is 4.98 Å². The topological polar surface area (TPSA) is 65.9 Å². The first-order valence-electron chi connectivity index (χ1n) is 6.41. The Morgan fingerprint density at radius 3 is 2.83 bits per heavy atom. The number of pyridine rings is 1. The Morgan fingerprint density at radius 1 is 1.56 bits per heavy atom. The molecule has 4 heteroatoms. The number of nitriles is 1. The monoisotopic (exact) mass is 244 g/mol. The second kappa shape index (κ2) is 4.95. The molecule has 1 aliphatic rings. The molecule has 0 amide bonds. The van der Waals surface area contributed by atoms with Crippen molar-refractivity contribution in [3.8, 4) is 6.07 Å². The van der Waals surface area contributed by atoms with Gasteiger partial charge in [0.1, 0.15) is 6.07 Å². The van der Waals surface area contributed by atoms with E-state index in [1.165, 1.54) is 0 Å². The van der Waals surface area contributed by atoms with Crippen LogP contribution in [-0.4, -0.2) is 24.1 Å². The van der Waals surface area contributed by atoms with Gasteiger partial charge < -0.3 is 10.6 Å². The quantitative estimate of drug-likeness (QED) is 0.860. The van der Waals surface area contributed by atoms with Crippen molar-refractivity contribution in [1.29, 1.82) is 5.26 Å². The molecular formula is C14H20N4. The molecule has 2 N–H and O–H groups in total. The standard InChI is InChI=1S/C14H20N4/c1-9-6-14(13(7-15)11(3)17-9)18-5-4-12(8-18)10(2)16/h6,10,12H,4-5,8,16H2,1-3H3. The van der Waals surface area contributed by atoms with Gasteiger partial charge in [0.25, 0.3) is 0 Å². The maximum atomic E-state index is 9.28. The van der Waals surface area contributed by atoms with E-state index in [0.717, 1.165) is 36.6 Å². The fourth-order valence-electron chi connectivity index (χ4n) is 2.63. The van der Waals surface area contributed by atoms with Gasteiger partial charge in [-0.3, -0.25) is 4.98 Å². The Labute approximate surface area is 108 Å². The van der Waals surface area contributed by atoms with Gasteiger partial charge in [-0.2, -0.15) is 5.26 Å². The Bertz CT molecular complexity index is 487. The summed E-state index contributed by atoms with van der Waals surface area (Å²) in [5.41, 5.74) is 9.46. The number of rotatable bonds is 2. The van der Waals surface area contributed by atoms with Crippen LogP contribution in [0.2, 0.25) is 0 Å². The van der Waals surface area contributed by atoms with E-state index in [9.17, 15) is 5.26 Å². The van der Waals surface area contributed by atoms with Crippen LogP contribution in [0, 0.1) is 31.1 Å². The average Bonchev–Trinajstić information content (AvgIpc) is 2.77. The molecular weight excluding hydrogens is 224 g/mol. The molecule has 1 aromatic heterocycles. The highest BCUT2D eigenvalue weighted by molar-refractivity contribution is 5.62. The molecule has 0 spiro atoms. The molecule has 1 fully saturated rings. The van der Waals surface area contributed by atoms with Crippen molar-refractivity contribution in [2.45, 2.75) is 33.2 Å². The smallest absolute Gasteiger partial charge is 0.103 e. The summed E-state index contributed by atoms with van der Waals surface area (Å²) in [6.07, 6.45) is 1.10. The van der Waals surface area contributed by atoms with Gasteiger partial charge in [-0.15, -0.1) is 0 Å². The maximum Gasteiger partial charge on any atom is 0.103 e. The third kappa shape index (κ3) is 2.32. The second-order valence-corrected chi connectivity index (χ2v) is 5.21. The molecule has 1 aliphatic heterocycles. The predicted octanol–water partition coefficient (Wildman–Crippen LogP) is 1.74. The van der Waals surface area contributed by atoms with Crippen LogP contribution in [0.4, 0.5) is 5.69 Å². The molecule has 4 nitrogen and oxygen atoms in total. The van der Waals surface area contributed by atoms with Crippen LogP contribution in [0.3, 0.4) is 0 Å². The zero-order valence-corrected chi connectivity index (χ0v) is 11.3. The van der Waals surface area contributed by atoms with E-state index in [2.05, 4.69) is 22.9 Å². The predicted molar refractivity (Wildman–Crippen MR) is 72.4 cm³/mol. The summed E-state index contributed by atoms with van der Waals surface area (Å²) in [6.45, 7) is 7.84. The van der Waals surface area contributed by atoms with Crippen molar-refractivity contribution >= 4 is 5.69 Å². The Hall–Kier alpha value is -1.60. The van der Waals surface area contributed by atoms with Crippen LogP contribution < -0.4 is 10.6 Å². The SMILES string of the molecule is Cc1cc(N2CCC(C(C)N)C2)c(C#N)c(C)n1. The first kappa shape index (κ1) is 12.8. The summed E-state index contributed by atoms with van der Waals surface area (Å²) in [6, 6.07) is 4.50. The van der Waals surface area contributed by atoms with Gasteiger partial charge in [0.05, 0.1) is 16.9 Å². The number of nitrogens with two attached hydrogens (primary N) is 1. The van der Waals surface area contributed by atoms with Crippen LogP contribution in [0.15, 0.2) is 6.07 Å². The van der Waals surface area contributed by atoms with Crippen molar-refractivity contribution in [2.24, 2.45) is 11.7 Å². The molecule has 1 aromatic rings. The van der Waals surface area contributed by atoms with Crippen LogP contribution in [-0.2, 0) is 0 Å². The van der Waals surface area contributed by atoms with Gasteiger partial charge in [-0.25, -0.2) is 0 Å². The number of aromatic nitrogens is 1. The third-order valence-electron chi connectivity index (χ3n) is 3.73. The lowest BCUT2D eigenvalue weighted by atomic mass is 10.0. The van der Waals surface area contributed by atoms with E-state index in [1.807, 2.05) is 19.9 Å². The Kier molecular flexibility index (Phi) is 3.53. The van der Waals surface area contributed by atoms with E-state index in [-0.39, 0.29) is 6.04 Å². The maximum absolute atomic E-state index is 9.28. The average molecular weight is 244 g/mol. The van der Waals surface area contributed by atoms with Crippen molar-refractivity contribution in [2.75, 3.05) is 18.0 Å². The number of nitrogens with zero attached hydrogens (tertiary/aromatic N) is 3. The largest absolute Gasteiger partial charge is 0.370 e. The van der Waals surface area contributed by atoms with Crippen molar-refractivity contribution in [3.05, 3.63) is 23.0 Å². The van der Waals surface area contributed by atoms with E-state index >= 15 is 0 Å². The van der Waals surface area contributed by atoms with E-state index in [4.69, 9.17) is 5.73 Å². The van der Waals surface area contributed by atoms with Gasteiger partial charge in [0.2, 0.25) is 0 Å². The van der Waals surface area contributed by atoms with Crippen LogP contribution in [0.1, 0.15) is 30.3 Å². The number of aryl methyl sites for hydroxylation is 2. The summed E-state index contributed by atoms with van der Waals surface area (Å²) >= 11 is 0. The first-order valence-corrected chi connectivity index (χ1v) is 6.41. The van der Waals surface area contributed by atoms with Crippen LogP contribution in [0.25, 0.3) is 0 Å². The second-order valence-electron chi connectivity index (χ2n) is 5.21. The lowest BCUT2D eigenvalue weighted by Gasteiger charge is -2.22. The van der Waals surface area contributed by atoms with Gasteiger partial charge >= 0.3 is 0 Å². The summed E-state index contributed by atoms with van der Waals surface area (Å²) in [7, 11) is 0. The minimum absolute atomic E-state index is 0.213. The van der Waals surface area contributed by atoms with Crippen LogP contribution >= 0.6 is 0 Å². The third-order valence-corrected chi connectivity index (χ3v) is 3.73. The minimum Gasteiger partial charge on any atom is -0.370 e. The molecule has 0 radical (unpaired) electrons. The summed E-state index contributed by atoms with van der Waals surface area (Å²) in [5.74, 6) is 0.519. The lowest BCUT2D eigenvalue weighted by Crippen LogP contribution is -2.30.